The van der Waals surface area contributed by atoms with E-state index in [1.54, 1.807) is 12.1 Å². The van der Waals surface area contributed by atoms with Crippen LogP contribution in [-0.2, 0) is 6.18 Å². The van der Waals surface area contributed by atoms with Gasteiger partial charge in [-0.3, -0.25) is 0 Å². The Morgan fingerprint density at radius 2 is 1.90 bits per heavy atom. The third-order valence-electron chi connectivity index (χ3n) is 4.99. The van der Waals surface area contributed by atoms with Gasteiger partial charge in [-0.15, -0.1) is 0 Å². The Labute approximate surface area is 122 Å². The van der Waals surface area contributed by atoms with E-state index in [-0.39, 0.29) is 11.5 Å². The van der Waals surface area contributed by atoms with Crippen LogP contribution in [-0.4, -0.2) is 17.3 Å². The third-order valence-corrected chi connectivity index (χ3v) is 4.99. The van der Waals surface area contributed by atoms with E-state index in [2.05, 4.69) is 5.32 Å². The van der Waals surface area contributed by atoms with Gasteiger partial charge in [0.05, 0.1) is 11.2 Å². The van der Waals surface area contributed by atoms with Crippen molar-refractivity contribution < 1.29 is 18.3 Å². The van der Waals surface area contributed by atoms with Crippen LogP contribution < -0.4 is 5.32 Å². The molecule has 2 nitrogen and oxygen atoms in total. The molecule has 0 bridgehead atoms. The molecule has 0 amide bonds. The van der Waals surface area contributed by atoms with Crippen molar-refractivity contribution >= 4 is 0 Å². The Morgan fingerprint density at radius 1 is 1.14 bits per heavy atom. The van der Waals surface area contributed by atoms with E-state index in [9.17, 15) is 18.3 Å². The van der Waals surface area contributed by atoms with Gasteiger partial charge in [0.15, 0.2) is 0 Å². The monoisotopic (exact) mass is 299 g/mol. The van der Waals surface area contributed by atoms with Crippen molar-refractivity contribution in [3.05, 3.63) is 35.4 Å². The predicted molar refractivity (Wildman–Crippen MR) is 73.7 cm³/mol. The van der Waals surface area contributed by atoms with Crippen LogP contribution in [0.2, 0.25) is 0 Å². The third kappa shape index (κ3) is 2.69. The van der Waals surface area contributed by atoms with Crippen molar-refractivity contribution in [1.82, 2.24) is 5.32 Å². The fourth-order valence-corrected chi connectivity index (χ4v) is 3.98. The molecular weight excluding hydrogens is 279 g/mol. The molecule has 2 fully saturated rings. The van der Waals surface area contributed by atoms with Gasteiger partial charge in [-0.1, -0.05) is 31.0 Å². The average molecular weight is 299 g/mol. The smallest absolute Gasteiger partial charge is 0.389 e. The SMILES string of the molecule is O[C@]12CCCC[C@H]1[C@H](c1ccccc1C(F)(F)F)NCC2. The zero-order valence-electron chi connectivity index (χ0n) is 11.8. The topological polar surface area (TPSA) is 32.3 Å². The van der Waals surface area contributed by atoms with Gasteiger partial charge in [0, 0.05) is 12.0 Å². The van der Waals surface area contributed by atoms with Crippen LogP contribution in [0.3, 0.4) is 0 Å². The summed E-state index contributed by atoms with van der Waals surface area (Å²) in [4.78, 5) is 0. The lowest BCUT2D eigenvalue weighted by Gasteiger charge is -2.48. The summed E-state index contributed by atoms with van der Waals surface area (Å²) in [7, 11) is 0. The van der Waals surface area contributed by atoms with E-state index in [4.69, 9.17) is 0 Å². The Balaban J connectivity index is 2.00. The van der Waals surface area contributed by atoms with Crippen molar-refractivity contribution in [2.75, 3.05) is 6.54 Å². The normalized spacial score (nSPS) is 33.5. The zero-order chi connectivity index (χ0) is 15.1. The molecule has 0 spiro atoms. The summed E-state index contributed by atoms with van der Waals surface area (Å²) < 4.78 is 39.7. The summed E-state index contributed by atoms with van der Waals surface area (Å²) in [5.41, 5.74) is -1.13. The number of alkyl halides is 3. The number of rotatable bonds is 1. The Morgan fingerprint density at radius 3 is 2.67 bits per heavy atom. The van der Waals surface area contributed by atoms with Crippen LogP contribution in [0.5, 0.6) is 0 Å². The van der Waals surface area contributed by atoms with Crippen LogP contribution in [0.25, 0.3) is 0 Å². The maximum atomic E-state index is 13.2. The summed E-state index contributed by atoms with van der Waals surface area (Å²) in [6.07, 6.45) is -0.324. The maximum Gasteiger partial charge on any atom is 0.416 e. The summed E-state index contributed by atoms with van der Waals surface area (Å²) >= 11 is 0. The molecule has 2 N–H and O–H groups in total. The fraction of sp³-hybridized carbons (Fsp3) is 0.625. The summed E-state index contributed by atoms with van der Waals surface area (Å²) in [6.45, 7) is 0.559. The van der Waals surface area contributed by atoms with Crippen molar-refractivity contribution in [2.45, 2.75) is 49.9 Å². The van der Waals surface area contributed by atoms with Crippen LogP contribution >= 0.6 is 0 Å². The molecule has 2 aliphatic rings. The number of piperidine rings is 1. The second-order valence-electron chi connectivity index (χ2n) is 6.22. The Hall–Kier alpha value is -1.07. The Kier molecular flexibility index (Phi) is 3.74. The number of aliphatic hydroxyl groups is 1. The van der Waals surface area contributed by atoms with Crippen LogP contribution in [0.15, 0.2) is 24.3 Å². The molecule has 1 aromatic carbocycles. The zero-order valence-corrected chi connectivity index (χ0v) is 11.8. The highest BCUT2D eigenvalue weighted by molar-refractivity contribution is 5.34. The van der Waals surface area contributed by atoms with Crippen molar-refractivity contribution in [3.8, 4) is 0 Å². The van der Waals surface area contributed by atoms with Gasteiger partial charge < -0.3 is 10.4 Å². The van der Waals surface area contributed by atoms with Crippen molar-refractivity contribution in [1.29, 1.82) is 0 Å². The number of hydrogen-bond acceptors (Lipinski definition) is 2. The number of halogens is 3. The van der Waals surface area contributed by atoms with Gasteiger partial charge in [-0.2, -0.15) is 13.2 Å². The second kappa shape index (κ2) is 5.29. The lowest BCUT2D eigenvalue weighted by molar-refractivity contribution is -0.140. The molecule has 1 heterocycles. The van der Waals surface area contributed by atoms with E-state index in [0.717, 1.165) is 25.3 Å². The minimum Gasteiger partial charge on any atom is -0.389 e. The van der Waals surface area contributed by atoms with Gasteiger partial charge in [0.2, 0.25) is 0 Å². The minimum atomic E-state index is -4.36. The lowest BCUT2D eigenvalue weighted by atomic mass is 9.66. The molecular formula is C16H20F3NO. The van der Waals surface area contributed by atoms with E-state index in [0.29, 0.717) is 19.4 Å². The van der Waals surface area contributed by atoms with Gasteiger partial charge in [0.25, 0.3) is 0 Å². The standard InChI is InChI=1S/C16H20F3NO/c17-16(18,19)12-6-2-1-5-11(12)14-13-7-3-4-8-15(13,21)9-10-20-14/h1-2,5-6,13-14,20-21H,3-4,7-10H2/t13-,14-,15-/m0/s1. The first-order valence-corrected chi connectivity index (χ1v) is 7.54. The summed E-state index contributed by atoms with van der Waals surface area (Å²) in [6, 6.07) is 5.32. The minimum absolute atomic E-state index is 0.136. The molecule has 3 rings (SSSR count). The molecule has 21 heavy (non-hydrogen) atoms. The van der Waals surface area contributed by atoms with E-state index >= 15 is 0 Å². The molecule has 1 saturated heterocycles. The molecule has 0 aromatic heterocycles. The molecule has 0 unspecified atom stereocenters. The molecule has 116 valence electrons. The summed E-state index contributed by atoms with van der Waals surface area (Å²) in [5, 5.41) is 14.0. The first kappa shape index (κ1) is 14.9. The number of benzene rings is 1. The molecule has 0 radical (unpaired) electrons. The van der Waals surface area contributed by atoms with Gasteiger partial charge >= 0.3 is 6.18 Å². The van der Waals surface area contributed by atoms with Gasteiger partial charge in [-0.25, -0.2) is 0 Å². The highest BCUT2D eigenvalue weighted by atomic mass is 19.4. The largest absolute Gasteiger partial charge is 0.416 e. The second-order valence-corrected chi connectivity index (χ2v) is 6.22. The summed E-state index contributed by atoms with van der Waals surface area (Å²) in [5.74, 6) is -0.136. The highest BCUT2D eigenvalue weighted by Gasteiger charge is 2.47. The predicted octanol–water partition coefficient (Wildman–Crippen LogP) is 3.66. The molecule has 1 aromatic rings. The lowest BCUT2D eigenvalue weighted by Crippen LogP contribution is -2.53. The maximum absolute atomic E-state index is 13.2. The average Bonchev–Trinajstić information content (AvgIpc) is 2.45. The van der Waals surface area contributed by atoms with Crippen molar-refractivity contribution in [2.24, 2.45) is 5.92 Å². The van der Waals surface area contributed by atoms with E-state index in [1.807, 2.05) is 0 Å². The van der Waals surface area contributed by atoms with E-state index < -0.39 is 23.4 Å². The number of fused-ring (bicyclic) bond motifs is 1. The molecule has 1 aliphatic heterocycles. The number of nitrogens with one attached hydrogen (secondary N) is 1. The molecule has 1 aliphatic carbocycles. The Bertz CT molecular complexity index is 512. The van der Waals surface area contributed by atoms with Crippen LogP contribution in [0.1, 0.15) is 49.3 Å². The van der Waals surface area contributed by atoms with E-state index in [1.165, 1.54) is 6.07 Å². The molecule has 5 heteroatoms. The first-order chi connectivity index (χ1) is 9.92. The first-order valence-electron chi connectivity index (χ1n) is 7.54. The molecule has 1 saturated carbocycles. The molecule has 3 atom stereocenters. The fourth-order valence-electron chi connectivity index (χ4n) is 3.98. The van der Waals surface area contributed by atoms with Crippen LogP contribution in [0.4, 0.5) is 13.2 Å². The van der Waals surface area contributed by atoms with Gasteiger partial charge in [-0.05, 0) is 37.4 Å². The van der Waals surface area contributed by atoms with Crippen LogP contribution in [0, 0.1) is 5.92 Å². The van der Waals surface area contributed by atoms with Gasteiger partial charge in [0.1, 0.15) is 0 Å². The quantitative estimate of drug-likeness (QED) is 0.829. The van der Waals surface area contributed by atoms with Crippen molar-refractivity contribution in [3.63, 3.8) is 0 Å². The number of hydrogen-bond donors (Lipinski definition) is 2. The highest BCUT2D eigenvalue weighted by Crippen LogP contribution is 2.47.